The summed E-state index contributed by atoms with van der Waals surface area (Å²) in [6, 6.07) is 1.65. The van der Waals surface area contributed by atoms with Crippen LogP contribution in [-0.4, -0.2) is 22.6 Å². The summed E-state index contributed by atoms with van der Waals surface area (Å²) in [5.74, 6) is -0.129. The zero-order valence-corrected chi connectivity index (χ0v) is 8.22. The van der Waals surface area contributed by atoms with Crippen LogP contribution in [0.25, 0.3) is 0 Å². The zero-order valence-electron chi connectivity index (χ0n) is 8.22. The number of aromatic nitrogens is 2. The van der Waals surface area contributed by atoms with E-state index in [1.54, 1.807) is 12.3 Å². The highest BCUT2D eigenvalue weighted by Gasteiger charge is 2.13. The van der Waals surface area contributed by atoms with Crippen molar-refractivity contribution in [2.24, 2.45) is 5.41 Å². The quantitative estimate of drug-likeness (QED) is 0.720. The first-order valence-electron chi connectivity index (χ1n) is 4.27. The van der Waals surface area contributed by atoms with Crippen LogP contribution in [-0.2, 0) is 0 Å². The Labute approximate surface area is 77.7 Å². The van der Waals surface area contributed by atoms with Crippen LogP contribution in [0.3, 0.4) is 0 Å². The van der Waals surface area contributed by atoms with Crippen molar-refractivity contribution >= 4 is 5.91 Å². The van der Waals surface area contributed by atoms with Gasteiger partial charge in [0, 0.05) is 12.7 Å². The van der Waals surface area contributed by atoms with Gasteiger partial charge in [-0.2, -0.15) is 5.10 Å². The average Bonchev–Trinajstić information content (AvgIpc) is 2.50. The lowest BCUT2D eigenvalue weighted by atomic mass is 9.97. The predicted octanol–water partition coefficient (Wildman–Crippen LogP) is 1.19. The van der Waals surface area contributed by atoms with Crippen molar-refractivity contribution in [3.63, 3.8) is 0 Å². The Kier molecular flexibility index (Phi) is 2.70. The van der Waals surface area contributed by atoms with Crippen molar-refractivity contribution in [2.45, 2.75) is 20.8 Å². The molecule has 0 aromatic carbocycles. The second kappa shape index (κ2) is 3.60. The van der Waals surface area contributed by atoms with E-state index in [1.807, 2.05) is 0 Å². The van der Waals surface area contributed by atoms with Crippen LogP contribution in [0.15, 0.2) is 12.3 Å². The maximum absolute atomic E-state index is 11.4. The topological polar surface area (TPSA) is 57.8 Å². The van der Waals surface area contributed by atoms with Gasteiger partial charge in [-0.15, -0.1) is 0 Å². The van der Waals surface area contributed by atoms with Crippen LogP contribution in [0, 0.1) is 5.41 Å². The fourth-order valence-corrected chi connectivity index (χ4v) is 0.823. The second-order valence-electron chi connectivity index (χ2n) is 4.20. The average molecular weight is 181 g/mol. The number of carbonyl (C=O) groups excluding carboxylic acids is 1. The third-order valence-electron chi connectivity index (χ3n) is 1.51. The molecule has 13 heavy (non-hydrogen) atoms. The maximum Gasteiger partial charge on any atom is 0.271 e. The van der Waals surface area contributed by atoms with Gasteiger partial charge in [-0.1, -0.05) is 20.8 Å². The molecule has 0 radical (unpaired) electrons. The Morgan fingerprint density at radius 1 is 1.62 bits per heavy atom. The van der Waals surface area contributed by atoms with E-state index in [0.717, 1.165) is 0 Å². The van der Waals surface area contributed by atoms with Gasteiger partial charge in [0.1, 0.15) is 5.69 Å². The molecule has 1 amide bonds. The van der Waals surface area contributed by atoms with Gasteiger partial charge >= 0.3 is 0 Å². The van der Waals surface area contributed by atoms with Crippen molar-refractivity contribution in [1.82, 2.24) is 15.5 Å². The van der Waals surface area contributed by atoms with Crippen molar-refractivity contribution in [3.8, 4) is 0 Å². The summed E-state index contributed by atoms with van der Waals surface area (Å²) in [7, 11) is 0. The Morgan fingerprint density at radius 2 is 2.31 bits per heavy atom. The van der Waals surface area contributed by atoms with Crippen molar-refractivity contribution in [3.05, 3.63) is 18.0 Å². The molecule has 4 nitrogen and oxygen atoms in total. The molecule has 2 N–H and O–H groups in total. The van der Waals surface area contributed by atoms with Crippen LogP contribution < -0.4 is 5.32 Å². The highest BCUT2D eigenvalue weighted by molar-refractivity contribution is 5.92. The largest absolute Gasteiger partial charge is 0.350 e. The lowest BCUT2D eigenvalue weighted by Crippen LogP contribution is -2.32. The molecule has 0 fully saturated rings. The summed E-state index contributed by atoms with van der Waals surface area (Å²) < 4.78 is 0. The Morgan fingerprint density at radius 3 is 2.77 bits per heavy atom. The molecule has 0 unspecified atom stereocenters. The number of hydrogen-bond acceptors (Lipinski definition) is 2. The number of nitrogens with one attached hydrogen (secondary N) is 2. The van der Waals surface area contributed by atoms with E-state index in [2.05, 4.69) is 36.3 Å². The second-order valence-corrected chi connectivity index (χ2v) is 4.20. The Balaban J connectivity index is 2.44. The van der Waals surface area contributed by atoms with Gasteiger partial charge in [0.2, 0.25) is 0 Å². The first-order valence-corrected chi connectivity index (χ1v) is 4.27. The molecule has 0 bridgehead atoms. The van der Waals surface area contributed by atoms with E-state index in [0.29, 0.717) is 12.2 Å². The standard InChI is InChI=1S/C9H15N3O/c1-9(2,3)6-10-8(13)7-4-5-11-12-7/h4-5H,6H2,1-3H3,(H,10,13)(H,11,12). The number of rotatable bonds is 2. The van der Waals surface area contributed by atoms with Crippen LogP contribution in [0.1, 0.15) is 31.3 Å². The molecule has 1 heterocycles. The number of carbonyl (C=O) groups is 1. The van der Waals surface area contributed by atoms with E-state index < -0.39 is 0 Å². The molecule has 1 aromatic rings. The van der Waals surface area contributed by atoms with E-state index in [9.17, 15) is 4.79 Å². The number of amides is 1. The summed E-state index contributed by atoms with van der Waals surface area (Å²) in [6.07, 6.45) is 1.63. The van der Waals surface area contributed by atoms with E-state index in [1.165, 1.54) is 0 Å². The molecule has 72 valence electrons. The minimum absolute atomic E-state index is 0.103. The lowest BCUT2D eigenvalue weighted by molar-refractivity contribution is 0.0934. The Bertz CT molecular complexity index is 272. The molecular formula is C9H15N3O. The summed E-state index contributed by atoms with van der Waals surface area (Å²) in [5, 5.41) is 9.18. The minimum Gasteiger partial charge on any atom is -0.350 e. The zero-order chi connectivity index (χ0) is 9.90. The summed E-state index contributed by atoms with van der Waals surface area (Å²) in [5.41, 5.74) is 0.538. The van der Waals surface area contributed by atoms with Gasteiger partial charge in [0.05, 0.1) is 0 Å². The van der Waals surface area contributed by atoms with Crippen molar-refractivity contribution in [1.29, 1.82) is 0 Å². The molecule has 0 saturated heterocycles. The van der Waals surface area contributed by atoms with E-state index >= 15 is 0 Å². The monoisotopic (exact) mass is 181 g/mol. The van der Waals surface area contributed by atoms with Gasteiger partial charge in [0.15, 0.2) is 0 Å². The summed E-state index contributed by atoms with van der Waals surface area (Å²) >= 11 is 0. The SMILES string of the molecule is CC(C)(C)CNC(=O)c1cc[nH]n1. The number of H-pyrrole nitrogens is 1. The van der Waals surface area contributed by atoms with Crippen LogP contribution in [0.5, 0.6) is 0 Å². The van der Waals surface area contributed by atoms with E-state index in [4.69, 9.17) is 0 Å². The highest BCUT2D eigenvalue weighted by Crippen LogP contribution is 2.10. The number of nitrogens with zero attached hydrogens (tertiary/aromatic N) is 1. The maximum atomic E-state index is 11.4. The first kappa shape index (κ1) is 9.77. The first-order chi connectivity index (χ1) is 5.99. The molecule has 0 aliphatic rings. The molecule has 0 aliphatic heterocycles. The molecule has 0 aliphatic carbocycles. The summed E-state index contributed by atoms with van der Waals surface area (Å²) in [6.45, 7) is 6.85. The molecule has 0 saturated carbocycles. The number of hydrogen-bond donors (Lipinski definition) is 2. The third-order valence-corrected chi connectivity index (χ3v) is 1.51. The smallest absolute Gasteiger partial charge is 0.271 e. The molecule has 0 spiro atoms. The van der Waals surface area contributed by atoms with Gasteiger partial charge < -0.3 is 5.32 Å². The summed E-state index contributed by atoms with van der Waals surface area (Å²) in [4.78, 5) is 11.4. The predicted molar refractivity (Wildman–Crippen MR) is 50.4 cm³/mol. The normalized spacial score (nSPS) is 11.3. The van der Waals surface area contributed by atoms with Gasteiger partial charge in [-0.3, -0.25) is 9.89 Å². The highest BCUT2D eigenvalue weighted by atomic mass is 16.1. The van der Waals surface area contributed by atoms with Crippen LogP contribution in [0.2, 0.25) is 0 Å². The molecular weight excluding hydrogens is 166 g/mol. The molecule has 0 atom stereocenters. The van der Waals surface area contributed by atoms with Gasteiger partial charge in [0.25, 0.3) is 5.91 Å². The third kappa shape index (κ3) is 3.27. The lowest BCUT2D eigenvalue weighted by Gasteiger charge is -2.17. The Hall–Kier alpha value is -1.32. The van der Waals surface area contributed by atoms with Gasteiger partial charge in [-0.25, -0.2) is 0 Å². The van der Waals surface area contributed by atoms with Gasteiger partial charge in [-0.05, 0) is 11.5 Å². The van der Waals surface area contributed by atoms with Crippen molar-refractivity contribution < 1.29 is 4.79 Å². The van der Waals surface area contributed by atoms with E-state index in [-0.39, 0.29) is 11.3 Å². The molecule has 4 heteroatoms. The molecule has 1 rings (SSSR count). The van der Waals surface area contributed by atoms with Crippen LogP contribution in [0.4, 0.5) is 0 Å². The number of aromatic amines is 1. The fraction of sp³-hybridized carbons (Fsp3) is 0.556. The fourth-order valence-electron chi connectivity index (χ4n) is 0.823. The van der Waals surface area contributed by atoms with Crippen LogP contribution >= 0.6 is 0 Å². The molecule has 1 aromatic heterocycles. The minimum atomic E-state index is -0.129. The van der Waals surface area contributed by atoms with Crippen molar-refractivity contribution in [2.75, 3.05) is 6.54 Å².